The van der Waals surface area contributed by atoms with Gasteiger partial charge in [-0.2, -0.15) is 5.10 Å². The van der Waals surface area contributed by atoms with Gasteiger partial charge in [-0.15, -0.1) is 11.3 Å². The van der Waals surface area contributed by atoms with E-state index in [1.807, 2.05) is 37.4 Å². The van der Waals surface area contributed by atoms with E-state index >= 15 is 0 Å². The molecule has 0 aliphatic carbocycles. The van der Waals surface area contributed by atoms with Gasteiger partial charge >= 0.3 is 5.97 Å². The number of benzene rings is 2. The first-order chi connectivity index (χ1) is 14.0. The normalized spacial score (nSPS) is 10.7. The van der Waals surface area contributed by atoms with E-state index in [1.165, 1.54) is 17.6 Å². The zero-order chi connectivity index (χ0) is 20.6. The first-order valence-electron chi connectivity index (χ1n) is 8.89. The Labute approximate surface area is 172 Å². The summed E-state index contributed by atoms with van der Waals surface area (Å²) in [6.07, 6.45) is 1.47. The predicted octanol–water partition coefficient (Wildman–Crippen LogP) is 4.11. The lowest BCUT2D eigenvalue weighted by atomic mass is 10.1. The summed E-state index contributed by atoms with van der Waals surface area (Å²) in [5, 5.41) is 5.73. The first-order valence-corrected chi connectivity index (χ1v) is 9.77. The van der Waals surface area contributed by atoms with Crippen molar-refractivity contribution in [1.29, 1.82) is 0 Å². The third-order valence-electron chi connectivity index (χ3n) is 3.88. The number of thiophene rings is 1. The van der Waals surface area contributed by atoms with Crippen molar-refractivity contribution in [1.82, 2.24) is 5.43 Å². The van der Waals surface area contributed by atoms with E-state index < -0.39 is 5.97 Å². The standard InChI is InChI=1S/C22H20N2O4S/c1-15-8-9-19(16(2)11-15)27-14-21(25)24-23-13-17-5-3-6-18(12-17)28-22(26)20-7-4-10-29-20/h3-13H,14H2,1-2H3,(H,24,25)/b23-13-. The van der Waals surface area contributed by atoms with E-state index in [0.29, 0.717) is 21.9 Å². The molecule has 7 heteroatoms. The van der Waals surface area contributed by atoms with Crippen LogP contribution in [0.2, 0.25) is 0 Å². The molecule has 1 aromatic heterocycles. The summed E-state index contributed by atoms with van der Waals surface area (Å²) >= 11 is 1.32. The molecule has 0 bridgehead atoms. The number of hydrogen-bond donors (Lipinski definition) is 1. The van der Waals surface area contributed by atoms with Crippen LogP contribution in [-0.4, -0.2) is 24.7 Å². The molecule has 148 valence electrons. The Hall–Kier alpha value is -3.45. The van der Waals surface area contributed by atoms with Crippen molar-refractivity contribution >= 4 is 29.4 Å². The van der Waals surface area contributed by atoms with Crippen LogP contribution in [0.5, 0.6) is 11.5 Å². The molecule has 0 atom stereocenters. The second-order valence-corrected chi connectivity index (χ2v) is 7.24. The second-order valence-electron chi connectivity index (χ2n) is 6.29. The van der Waals surface area contributed by atoms with Crippen molar-refractivity contribution in [3.05, 3.63) is 81.5 Å². The lowest BCUT2D eigenvalue weighted by molar-refractivity contribution is -0.123. The molecule has 0 saturated carbocycles. The average Bonchev–Trinajstić information content (AvgIpc) is 3.23. The van der Waals surface area contributed by atoms with Crippen LogP contribution in [0.4, 0.5) is 0 Å². The molecule has 0 spiro atoms. The minimum absolute atomic E-state index is 0.139. The maximum Gasteiger partial charge on any atom is 0.353 e. The second kappa shape index (κ2) is 9.66. The largest absolute Gasteiger partial charge is 0.483 e. The summed E-state index contributed by atoms with van der Waals surface area (Å²) < 4.78 is 10.8. The number of esters is 1. The fourth-order valence-corrected chi connectivity index (χ4v) is 3.12. The fraction of sp³-hybridized carbons (Fsp3) is 0.136. The summed E-state index contributed by atoms with van der Waals surface area (Å²) in [4.78, 5) is 24.4. The SMILES string of the molecule is Cc1ccc(OCC(=O)N/N=C\c2cccc(OC(=O)c3cccs3)c2)c(C)c1. The quantitative estimate of drug-likeness (QED) is 0.276. The number of nitrogens with one attached hydrogen (secondary N) is 1. The smallest absolute Gasteiger partial charge is 0.353 e. The molecule has 3 rings (SSSR count). The minimum Gasteiger partial charge on any atom is -0.483 e. The maximum atomic E-state index is 12.0. The van der Waals surface area contributed by atoms with Gasteiger partial charge in [0.1, 0.15) is 16.4 Å². The Morgan fingerprint density at radius 3 is 2.72 bits per heavy atom. The van der Waals surface area contributed by atoms with Crippen molar-refractivity contribution < 1.29 is 19.1 Å². The van der Waals surface area contributed by atoms with Gasteiger partial charge in [-0.1, -0.05) is 35.9 Å². The fourth-order valence-electron chi connectivity index (χ4n) is 2.53. The summed E-state index contributed by atoms with van der Waals surface area (Å²) in [5.41, 5.74) is 5.19. The highest BCUT2D eigenvalue weighted by Crippen LogP contribution is 2.18. The molecule has 0 fully saturated rings. The molecule has 0 unspecified atom stereocenters. The molecule has 1 amide bonds. The highest BCUT2D eigenvalue weighted by molar-refractivity contribution is 7.12. The molecule has 0 aliphatic rings. The number of aryl methyl sites for hydroxylation is 2. The van der Waals surface area contributed by atoms with Crippen LogP contribution < -0.4 is 14.9 Å². The predicted molar refractivity (Wildman–Crippen MR) is 113 cm³/mol. The van der Waals surface area contributed by atoms with Crippen molar-refractivity contribution in [2.24, 2.45) is 5.10 Å². The van der Waals surface area contributed by atoms with E-state index in [1.54, 1.807) is 36.4 Å². The van der Waals surface area contributed by atoms with Crippen LogP contribution in [0.25, 0.3) is 0 Å². The van der Waals surface area contributed by atoms with Crippen LogP contribution in [0.1, 0.15) is 26.4 Å². The number of carbonyl (C=O) groups excluding carboxylic acids is 2. The Bertz CT molecular complexity index is 1030. The van der Waals surface area contributed by atoms with Gasteiger partial charge in [0.2, 0.25) is 0 Å². The van der Waals surface area contributed by atoms with Crippen LogP contribution in [0, 0.1) is 13.8 Å². The van der Waals surface area contributed by atoms with Crippen molar-refractivity contribution in [3.63, 3.8) is 0 Å². The number of ether oxygens (including phenoxy) is 2. The average molecular weight is 408 g/mol. The summed E-state index contributed by atoms with van der Waals surface area (Å²) in [7, 11) is 0. The summed E-state index contributed by atoms with van der Waals surface area (Å²) in [6.45, 7) is 3.78. The molecule has 0 radical (unpaired) electrons. The van der Waals surface area contributed by atoms with Crippen molar-refractivity contribution in [2.75, 3.05) is 6.61 Å². The van der Waals surface area contributed by atoms with Crippen molar-refractivity contribution in [2.45, 2.75) is 13.8 Å². The molecule has 0 aliphatic heterocycles. The topological polar surface area (TPSA) is 77.0 Å². The molecule has 29 heavy (non-hydrogen) atoms. The van der Waals surface area contributed by atoms with Crippen LogP contribution in [0.3, 0.4) is 0 Å². The molecular formula is C22H20N2O4S. The minimum atomic E-state index is -0.411. The number of rotatable bonds is 7. The maximum absolute atomic E-state index is 12.0. The lowest BCUT2D eigenvalue weighted by Gasteiger charge is -2.08. The van der Waals surface area contributed by atoms with Gasteiger partial charge in [0.15, 0.2) is 6.61 Å². The zero-order valence-corrected chi connectivity index (χ0v) is 16.9. The molecule has 6 nitrogen and oxygen atoms in total. The van der Waals surface area contributed by atoms with Crippen molar-refractivity contribution in [3.8, 4) is 11.5 Å². The van der Waals surface area contributed by atoms with Crippen LogP contribution in [-0.2, 0) is 4.79 Å². The number of nitrogens with zero attached hydrogens (tertiary/aromatic N) is 1. The molecule has 1 heterocycles. The van der Waals surface area contributed by atoms with Gasteiger partial charge < -0.3 is 9.47 Å². The highest BCUT2D eigenvalue weighted by Gasteiger charge is 2.09. The first kappa shape index (κ1) is 20.3. The Morgan fingerprint density at radius 2 is 1.97 bits per heavy atom. The third kappa shape index (κ3) is 6.02. The van der Waals surface area contributed by atoms with Gasteiger partial charge in [-0.3, -0.25) is 4.79 Å². The Morgan fingerprint density at radius 1 is 1.10 bits per heavy atom. The van der Waals surface area contributed by atoms with Crippen LogP contribution in [0.15, 0.2) is 65.1 Å². The molecule has 3 aromatic rings. The highest BCUT2D eigenvalue weighted by atomic mass is 32.1. The van der Waals surface area contributed by atoms with Gasteiger partial charge in [-0.05, 0) is 54.6 Å². The monoisotopic (exact) mass is 408 g/mol. The van der Waals surface area contributed by atoms with Gasteiger partial charge in [-0.25, -0.2) is 10.2 Å². The number of hydrogen-bond acceptors (Lipinski definition) is 6. The third-order valence-corrected chi connectivity index (χ3v) is 4.73. The van der Waals surface area contributed by atoms with E-state index in [-0.39, 0.29) is 12.5 Å². The number of carbonyl (C=O) groups is 2. The van der Waals surface area contributed by atoms with Crippen LogP contribution >= 0.6 is 11.3 Å². The molecule has 1 N–H and O–H groups in total. The summed E-state index contributed by atoms with van der Waals surface area (Å²) in [6, 6.07) is 16.1. The zero-order valence-electron chi connectivity index (χ0n) is 16.0. The van der Waals surface area contributed by atoms with E-state index in [2.05, 4.69) is 10.5 Å². The Balaban J connectivity index is 1.50. The lowest BCUT2D eigenvalue weighted by Crippen LogP contribution is -2.24. The van der Waals surface area contributed by atoms with E-state index in [9.17, 15) is 9.59 Å². The molecule has 2 aromatic carbocycles. The number of amides is 1. The molecular weight excluding hydrogens is 388 g/mol. The van der Waals surface area contributed by atoms with E-state index in [0.717, 1.165) is 11.1 Å². The Kier molecular flexibility index (Phi) is 6.76. The van der Waals surface area contributed by atoms with Gasteiger partial charge in [0.05, 0.1) is 6.21 Å². The molecule has 0 saturated heterocycles. The van der Waals surface area contributed by atoms with Gasteiger partial charge in [0.25, 0.3) is 5.91 Å². The van der Waals surface area contributed by atoms with Gasteiger partial charge in [0, 0.05) is 0 Å². The number of hydrazone groups is 1. The van der Waals surface area contributed by atoms with E-state index in [4.69, 9.17) is 9.47 Å². The summed E-state index contributed by atoms with van der Waals surface area (Å²) in [5.74, 6) is 0.277.